The van der Waals surface area contributed by atoms with Gasteiger partial charge in [-0.05, 0) is 42.5 Å². The monoisotopic (exact) mass is 446 g/mol. The summed E-state index contributed by atoms with van der Waals surface area (Å²) in [6, 6.07) is 12.8. The molecule has 7 heteroatoms. The Morgan fingerprint density at radius 1 is 1.33 bits per heavy atom. The molecule has 0 saturated heterocycles. The van der Waals surface area contributed by atoms with E-state index in [0.717, 1.165) is 21.2 Å². The molecule has 0 fully saturated rings. The Hall–Kier alpha value is -2.31. The zero-order chi connectivity index (χ0) is 18.8. The molecule has 4 rings (SSSR count). The van der Waals surface area contributed by atoms with Crippen molar-refractivity contribution in [3.05, 3.63) is 63.7 Å². The van der Waals surface area contributed by atoms with Crippen molar-refractivity contribution in [2.75, 3.05) is 13.2 Å². The highest BCUT2D eigenvalue weighted by molar-refractivity contribution is 9.10. The molecular weight excluding hydrogens is 432 g/mol. The van der Waals surface area contributed by atoms with E-state index < -0.39 is 0 Å². The first-order valence-electron chi connectivity index (χ1n) is 8.49. The van der Waals surface area contributed by atoms with Crippen LogP contribution in [0.1, 0.15) is 18.0 Å². The number of amides is 1. The molecule has 1 aliphatic rings. The van der Waals surface area contributed by atoms with Gasteiger partial charge in [-0.2, -0.15) is 0 Å². The van der Waals surface area contributed by atoms with E-state index in [4.69, 9.17) is 21.1 Å². The van der Waals surface area contributed by atoms with Crippen molar-refractivity contribution in [1.29, 1.82) is 0 Å². The number of carbonyl (C=O) groups is 1. The number of nitrogens with zero attached hydrogens (tertiary/aromatic N) is 1. The molecule has 1 unspecified atom stereocenters. The van der Waals surface area contributed by atoms with Gasteiger partial charge in [0.15, 0.2) is 6.61 Å². The van der Waals surface area contributed by atoms with Crippen molar-refractivity contribution in [3.63, 3.8) is 0 Å². The third-order valence-electron chi connectivity index (χ3n) is 4.38. The Kier molecular flexibility index (Phi) is 5.18. The van der Waals surface area contributed by atoms with Crippen LogP contribution in [0.5, 0.6) is 11.5 Å². The van der Waals surface area contributed by atoms with Gasteiger partial charge >= 0.3 is 0 Å². The Bertz CT molecular complexity index is 1010. The van der Waals surface area contributed by atoms with E-state index in [9.17, 15) is 4.79 Å². The lowest BCUT2D eigenvalue weighted by Gasteiger charge is -2.27. The maximum atomic E-state index is 12.4. The molecule has 2 heterocycles. The molecule has 1 amide bonds. The van der Waals surface area contributed by atoms with E-state index in [2.05, 4.69) is 26.2 Å². The summed E-state index contributed by atoms with van der Waals surface area (Å²) in [6.45, 7) is 0.459. The van der Waals surface area contributed by atoms with Crippen LogP contribution in [0.3, 0.4) is 0 Å². The van der Waals surface area contributed by atoms with Crippen molar-refractivity contribution >= 4 is 44.3 Å². The van der Waals surface area contributed by atoms with Gasteiger partial charge < -0.3 is 14.8 Å². The van der Waals surface area contributed by atoms with Crippen LogP contribution in [-0.4, -0.2) is 24.1 Å². The third kappa shape index (κ3) is 3.87. The number of halogens is 2. The molecule has 138 valence electrons. The van der Waals surface area contributed by atoms with Crippen LogP contribution in [0.4, 0.5) is 0 Å². The van der Waals surface area contributed by atoms with Crippen molar-refractivity contribution in [2.24, 2.45) is 0 Å². The average Bonchev–Trinajstić information content (AvgIpc) is 2.68. The van der Waals surface area contributed by atoms with Crippen molar-refractivity contribution in [3.8, 4) is 11.5 Å². The zero-order valence-corrected chi connectivity index (χ0v) is 16.6. The van der Waals surface area contributed by atoms with Crippen LogP contribution in [0.2, 0.25) is 5.02 Å². The minimum Gasteiger partial charge on any atom is -0.493 e. The highest BCUT2D eigenvalue weighted by Crippen LogP contribution is 2.34. The standard InChI is InChI=1S/C20H16BrClN2O3/c21-12-3-5-17-14(10-12)16(7-9-26-17)24-19(25)11-27-18-6-4-15(22)13-2-1-8-23-20(13)18/h1-6,8,10,16H,7,9,11H2,(H,24,25). The lowest BCUT2D eigenvalue weighted by molar-refractivity contribution is -0.124. The minimum absolute atomic E-state index is 0.103. The molecule has 1 aromatic heterocycles. The summed E-state index contributed by atoms with van der Waals surface area (Å²) in [5.41, 5.74) is 1.60. The first-order chi connectivity index (χ1) is 13.1. The van der Waals surface area contributed by atoms with Crippen LogP contribution < -0.4 is 14.8 Å². The summed E-state index contributed by atoms with van der Waals surface area (Å²) in [7, 11) is 0. The largest absolute Gasteiger partial charge is 0.493 e. The number of hydrogen-bond donors (Lipinski definition) is 1. The van der Waals surface area contributed by atoms with Gasteiger partial charge in [-0.1, -0.05) is 27.5 Å². The van der Waals surface area contributed by atoms with Gasteiger partial charge in [-0.3, -0.25) is 9.78 Å². The quantitative estimate of drug-likeness (QED) is 0.631. The molecule has 1 aliphatic heterocycles. The number of rotatable bonds is 4. The highest BCUT2D eigenvalue weighted by atomic mass is 79.9. The fourth-order valence-electron chi connectivity index (χ4n) is 3.12. The van der Waals surface area contributed by atoms with Gasteiger partial charge in [0.2, 0.25) is 0 Å². The molecule has 3 aromatic rings. The number of ether oxygens (including phenoxy) is 2. The number of benzene rings is 2. The van der Waals surface area contributed by atoms with E-state index in [1.54, 1.807) is 18.3 Å². The van der Waals surface area contributed by atoms with Crippen LogP contribution in [0.25, 0.3) is 10.9 Å². The summed E-state index contributed by atoms with van der Waals surface area (Å²) < 4.78 is 12.3. The van der Waals surface area contributed by atoms with E-state index in [0.29, 0.717) is 29.3 Å². The number of fused-ring (bicyclic) bond motifs is 2. The van der Waals surface area contributed by atoms with Crippen LogP contribution >= 0.6 is 27.5 Å². The summed E-state index contributed by atoms with van der Waals surface area (Å²) in [4.78, 5) is 16.8. The number of nitrogens with one attached hydrogen (secondary N) is 1. The molecule has 0 aliphatic carbocycles. The maximum absolute atomic E-state index is 12.4. The minimum atomic E-state index is -0.202. The summed E-state index contributed by atoms with van der Waals surface area (Å²) in [6.07, 6.45) is 2.38. The topological polar surface area (TPSA) is 60.5 Å². The fraction of sp³-hybridized carbons (Fsp3) is 0.200. The number of pyridine rings is 1. The summed E-state index contributed by atoms with van der Waals surface area (Å²) in [5, 5.41) is 4.41. The van der Waals surface area contributed by atoms with Gasteiger partial charge in [0.25, 0.3) is 5.91 Å². The molecule has 0 saturated carbocycles. The predicted molar refractivity (Wildman–Crippen MR) is 107 cm³/mol. The lowest BCUT2D eigenvalue weighted by Crippen LogP contribution is -2.35. The van der Waals surface area contributed by atoms with Gasteiger partial charge in [0.05, 0.1) is 17.7 Å². The zero-order valence-electron chi connectivity index (χ0n) is 14.2. The van der Waals surface area contributed by atoms with Crippen LogP contribution in [0, 0.1) is 0 Å². The summed E-state index contributed by atoms with van der Waals surface area (Å²) in [5.74, 6) is 1.12. The smallest absolute Gasteiger partial charge is 0.258 e. The van der Waals surface area contributed by atoms with Crippen LogP contribution in [0.15, 0.2) is 53.1 Å². The molecule has 1 N–H and O–H groups in total. The Labute approximate surface area is 169 Å². The van der Waals surface area contributed by atoms with E-state index in [-0.39, 0.29) is 18.6 Å². The van der Waals surface area contributed by atoms with Crippen LogP contribution in [-0.2, 0) is 4.79 Å². The Morgan fingerprint density at radius 3 is 3.11 bits per heavy atom. The SMILES string of the molecule is O=C(COc1ccc(Cl)c2cccnc12)NC1CCOc2ccc(Br)cc21. The van der Waals surface area contributed by atoms with E-state index in [1.807, 2.05) is 30.3 Å². The Balaban J connectivity index is 1.46. The highest BCUT2D eigenvalue weighted by Gasteiger charge is 2.23. The van der Waals surface area contributed by atoms with Crippen molar-refractivity contribution < 1.29 is 14.3 Å². The summed E-state index contributed by atoms with van der Waals surface area (Å²) >= 11 is 9.65. The second-order valence-corrected chi connectivity index (χ2v) is 7.50. The molecule has 0 spiro atoms. The molecule has 1 atom stereocenters. The van der Waals surface area contributed by atoms with Crippen molar-refractivity contribution in [1.82, 2.24) is 10.3 Å². The second-order valence-electron chi connectivity index (χ2n) is 6.17. The van der Waals surface area contributed by atoms with Gasteiger partial charge in [0, 0.05) is 28.0 Å². The fourth-order valence-corrected chi connectivity index (χ4v) is 3.72. The number of hydrogen-bond acceptors (Lipinski definition) is 4. The van der Waals surface area contributed by atoms with Gasteiger partial charge in [0.1, 0.15) is 17.0 Å². The first-order valence-corrected chi connectivity index (χ1v) is 9.66. The number of carbonyl (C=O) groups excluding carboxylic acids is 1. The third-order valence-corrected chi connectivity index (χ3v) is 5.21. The molecule has 2 aromatic carbocycles. The lowest BCUT2D eigenvalue weighted by atomic mass is 10.0. The molecular formula is C20H16BrClN2O3. The van der Waals surface area contributed by atoms with Gasteiger partial charge in [-0.25, -0.2) is 0 Å². The van der Waals surface area contributed by atoms with Crippen molar-refractivity contribution in [2.45, 2.75) is 12.5 Å². The average molecular weight is 448 g/mol. The molecule has 0 bridgehead atoms. The Morgan fingerprint density at radius 2 is 2.22 bits per heavy atom. The van der Waals surface area contributed by atoms with E-state index >= 15 is 0 Å². The second kappa shape index (κ2) is 7.74. The normalized spacial score (nSPS) is 15.7. The molecule has 27 heavy (non-hydrogen) atoms. The first kappa shape index (κ1) is 18.1. The molecule has 0 radical (unpaired) electrons. The molecule has 5 nitrogen and oxygen atoms in total. The van der Waals surface area contributed by atoms with E-state index in [1.165, 1.54) is 0 Å². The predicted octanol–water partition coefficient (Wildman–Crippen LogP) is 4.67. The van der Waals surface area contributed by atoms with Gasteiger partial charge in [-0.15, -0.1) is 0 Å². The maximum Gasteiger partial charge on any atom is 0.258 e. The number of aromatic nitrogens is 1.